The first-order chi connectivity index (χ1) is 2.94. The monoisotopic (exact) mass is 134 g/mol. The molecule has 0 heterocycles. The topological polar surface area (TPSA) is 0 Å². The minimum atomic E-state index is 0.503. The molecule has 0 saturated carbocycles. The SMILES string of the molecule is CC(S)C(C)(C)[SiH3]. The molecule has 0 aliphatic heterocycles. The van der Waals surface area contributed by atoms with Gasteiger partial charge in [0, 0.05) is 15.5 Å². The molecule has 0 radical (unpaired) electrons. The van der Waals surface area contributed by atoms with E-state index < -0.39 is 0 Å². The first-order valence-corrected chi connectivity index (χ1v) is 4.14. The van der Waals surface area contributed by atoms with E-state index in [9.17, 15) is 0 Å². The Bertz CT molecular complexity index is 53.6. The quantitative estimate of drug-likeness (QED) is 0.399. The van der Waals surface area contributed by atoms with Gasteiger partial charge in [0.05, 0.1) is 0 Å². The molecule has 0 amide bonds. The molecular formula is C5H14SSi. The van der Waals surface area contributed by atoms with Crippen LogP contribution in [0.3, 0.4) is 0 Å². The third kappa shape index (κ3) is 3.18. The van der Waals surface area contributed by atoms with E-state index in [1.165, 1.54) is 10.2 Å². The Morgan fingerprint density at radius 1 is 1.57 bits per heavy atom. The number of rotatable bonds is 1. The molecule has 0 rings (SSSR count). The van der Waals surface area contributed by atoms with E-state index in [1.54, 1.807) is 0 Å². The van der Waals surface area contributed by atoms with Crippen LogP contribution in [-0.2, 0) is 0 Å². The van der Waals surface area contributed by atoms with Gasteiger partial charge in [0.15, 0.2) is 0 Å². The molecule has 1 unspecified atom stereocenters. The van der Waals surface area contributed by atoms with Gasteiger partial charge in [-0.2, -0.15) is 12.6 Å². The Kier molecular flexibility index (Phi) is 2.40. The zero-order valence-corrected chi connectivity index (χ0v) is 8.42. The lowest BCUT2D eigenvalue weighted by Crippen LogP contribution is -2.13. The molecule has 0 aromatic carbocycles. The highest BCUT2D eigenvalue weighted by atomic mass is 32.1. The summed E-state index contributed by atoms with van der Waals surface area (Å²) in [5.41, 5.74) is 0. The molecular weight excluding hydrogens is 120 g/mol. The standard InChI is InChI=1S/C5H14SSi/c1-4(6)5(2,3)7/h4,6H,1-3,7H3. The van der Waals surface area contributed by atoms with Crippen LogP contribution in [0.5, 0.6) is 0 Å². The van der Waals surface area contributed by atoms with Gasteiger partial charge in [-0.3, -0.25) is 0 Å². The van der Waals surface area contributed by atoms with E-state index >= 15 is 0 Å². The lowest BCUT2D eigenvalue weighted by Gasteiger charge is -2.21. The van der Waals surface area contributed by atoms with Gasteiger partial charge in [0.2, 0.25) is 0 Å². The smallest absolute Gasteiger partial charge is 0.0113 e. The third-order valence-corrected chi connectivity index (χ3v) is 3.38. The Balaban J connectivity index is 3.54. The van der Waals surface area contributed by atoms with E-state index in [2.05, 4.69) is 33.4 Å². The van der Waals surface area contributed by atoms with Crippen LogP contribution in [0.1, 0.15) is 20.8 Å². The second-order valence-corrected chi connectivity index (χ2v) is 6.39. The minimum Gasteiger partial charge on any atom is -0.176 e. The van der Waals surface area contributed by atoms with Crippen molar-refractivity contribution in [2.75, 3.05) is 0 Å². The second-order valence-electron chi connectivity index (χ2n) is 3.04. The van der Waals surface area contributed by atoms with Gasteiger partial charge in [0.25, 0.3) is 0 Å². The fourth-order valence-corrected chi connectivity index (χ4v) is 0. The molecule has 0 N–H and O–H groups in total. The maximum absolute atomic E-state index is 4.31. The normalized spacial score (nSPS) is 17.1. The molecule has 1 atom stereocenters. The molecule has 2 heteroatoms. The zero-order valence-electron chi connectivity index (χ0n) is 5.52. The van der Waals surface area contributed by atoms with Crippen molar-refractivity contribution in [3.63, 3.8) is 0 Å². The van der Waals surface area contributed by atoms with Crippen molar-refractivity contribution in [1.82, 2.24) is 0 Å². The highest BCUT2D eigenvalue weighted by Gasteiger charge is 2.14. The fraction of sp³-hybridized carbons (Fsp3) is 1.00. The summed E-state index contributed by atoms with van der Waals surface area (Å²) in [6.07, 6.45) is 0. The van der Waals surface area contributed by atoms with Gasteiger partial charge in [-0.25, -0.2) is 0 Å². The van der Waals surface area contributed by atoms with E-state index in [0.29, 0.717) is 10.3 Å². The van der Waals surface area contributed by atoms with Gasteiger partial charge >= 0.3 is 0 Å². The Morgan fingerprint density at radius 2 is 1.71 bits per heavy atom. The second kappa shape index (κ2) is 2.22. The largest absolute Gasteiger partial charge is 0.176 e. The van der Waals surface area contributed by atoms with Crippen molar-refractivity contribution in [3.05, 3.63) is 0 Å². The fourth-order valence-electron chi connectivity index (χ4n) is 0. The molecule has 0 aliphatic rings. The first-order valence-electron chi connectivity index (χ1n) is 2.62. The molecule has 0 aromatic rings. The molecule has 0 nitrogen and oxygen atoms in total. The van der Waals surface area contributed by atoms with Crippen LogP contribution in [0, 0.1) is 0 Å². The van der Waals surface area contributed by atoms with Gasteiger partial charge in [-0.05, 0) is 5.04 Å². The van der Waals surface area contributed by atoms with Gasteiger partial charge in [0.1, 0.15) is 0 Å². The summed E-state index contributed by atoms with van der Waals surface area (Å²) in [7, 11) is 1.24. The summed E-state index contributed by atoms with van der Waals surface area (Å²) >= 11 is 4.31. The van der Waals surface area contributed by atoms with Crippen molar-refractivity contribution in [3.8, 4) is 0 Å². The van der Waals surface area contributed by atoms with Crippen LogP contribution in [0.4, 0.5) is 0 Å². The molecule has 0 saturated heterocycles. The van der Waals surface area contributed by atoms with Crippen LogP contribution < -0.4 is 0 Å². The predicted molar refractivity (Wildman–Crippen MR) is 42.4 cm³/mol. The molecule has 0 bridgehead atoms. The summed E-state index contributed by atoms with van der Waals surface area (Å²) in [6, 6.07) is 0. The van der Waals surface area contributed by atoms with E-state index in [0.717, 1.165) is 0 Å². The van der Waals surface area contributed by atoms with Crippen molar-refractivity contribution in [1.29, 1.82) is 0 Å². The average molecular weight is 134 g/mol. The Morgan fingerprint density at radius 3 is 1.71 bits per heavy atom. The maximum Gasteiger partial charge on any atom is 0.0113 e. The maximum atomic E-state index is 4.31. The molecule has 44 valence electrons. The number of thiol groups is 1. The van der Waals surface area contributed by atoms with E-state index in [4.69, 9.17) is 0 Å². The molecule has 0 spiro atoms. The third-order valence-electron chi connectivity index (χ3n) is 1.25. The van der Waals surface area contributed by atoms with Gasteiger partial charge < -0.3 is 0 Å². The summed E-state index contributed by atoms with van der Waals surface area (Å²) in [5.74, 6) is 0. The minimum absolute atomic E-state index is 0.503. The summed E-state index contributed by atoms with van der Waals surface area (Å²) < 4.78 is 0. The van der Waals surface area contributed by atoms with Crippen LogP contribution in [0.15, 0.2) is 0 Å². The highest BCUT2D eigenvalue weighted by molar-refractivity contribution is 7.81. The van der Waals surface area contributed by atoms with Crippen molar-refractivity contribution < 1.29 is 0 Å². The highest BCUT2D eigenvalue weighted by Crippen LogP contribution is 2.27. The number of hydrogen-bond donors (Lipinski definition) is 1. The molecule has 7 heavy (non-hydrogen) atoms. The lowest BCUT2D eigenvalue weighted by atomic mass is 10.1. The summed E-state index contributed by atoms with van der Waals surface area (Å²) in [5, 5.41) is 1.06. The van der Waals surface area contributed by atoms with Crippen molar-refractivity contribution >= 4 is 22.9 Å². The lowest BCUT2D eigenvalue weighted by molar-refractivity contribution is 0.674. The Labute approximate surface area is 54.5 Å². The molecule has 0 fully saturated rings. The van der Waals surface area contributed by atoms with Crippen molar-refractivity contribution in [2.45, 2.75) is 31.1 Å². The average Bonchev–Trinajstić information content (AvgIpc) is 1.31. The number of hydrogen-bond acceptors (Lipinski definition) is 1. The van der Waals surface area contributed by atoms with Crippen LogP contribution in [0.2, 0.25) is 5.04 Å². The van der Waals surface area contributed by atoms with Crippen LogP contribution in [-0.4, -0.2) is 15.5 Å². The molecule has 0 aliphatic carbocycles. The molecule has 0 aromatic heterocycles. The summed E-state index contributed by atoms with van der Waals surface area (Å²) in [6.45, 7) is 6.64. The first kappa shape index (κ1) is 7.57. The van der Waals surface area contributed by atoms with Crippen molar-refractivity contribution in [2.24, 2.45) is 0 Å². The van der Waals surface area contributed by atoms with E-state index in [1.807, 2.05) is 0 Å². The van der Waals surface area contributed by atoms with Gasteiger partial charge in [-0.1, -0.05) is 20.8 Å². The van der Waals surface area contributed by atoms with Gasteiger partial charge in [-0.15, -0.1) is 0 Å². The zero-order chi connectivity index (χ0) is 6.08. The Hall–Kier alpha value is 0.567. The van der Waals surface area contributed by atoms with Crippen LogP contribution in [0.25, 0.3) is 0 Å². The van der Waals surface area contributed by atoms with Crippen LogP contribution >= 0.6 is 12.6 Å². The predicted octanol–water partition coefficient (Wildman–Crippen LogP) is 0.869. The van der Waals surface area contributed by atoms with E-state index in [-0.39, 0.29) is 0 Å². The summed E-state index contributed by atoms with van der Waals surface area (Å²) in [4.78, 5) is 0.